The van der Waals surface area contributed by atoms with Gasteiger partial charge in [-0.1, -0.05) is 12.1 Å². The summed E-state index contributed by atoms with van der Waals surface area (Å²) in [6, 6.07) is 11.3. The SMILES string of the molecule is COc1ccc(NC(=O)CCC(=O)c2ccc3c(c2)CCC3)cc1OC1CCCC1. The molecule has 0 heterocycles. The lowest BCUT2D eigenvalue weighted by atomic mass is 10.0. The molecule has 5 nitrogen and oxygen atoms in total. The molecule has 2 aromatic rings. The Balaban J connectivity index is 1.33. The molecule has 2 aromatic carbocycles. The van der Waals surface area contributed by atoms with E-state index < -0.39 is 0 Å². The van der Waals surface area contributed by atoms with Gasteiger partial charge in [0.05, 0.1) is 13.2 Å². The minimum Gasteiger partial charge on any atom is -0.493 e. The Morgan fingerprint density at radius 2 is 1.73 bits per heavy atom. The van der Waals surface area contributed by atoms with Crippen molar-refractivity contribution in [3.63, 3.8) is 0 Å². The summed E-state index contributed by atoms with van der Waals surface area (Å²) in [5.41, 5.74) is 3.98. The van der Waals surface area contributed by atoms with Gasteiger partial charge in [-0.25, -0.2) is 0 Å². The number of carbonyl (C=O) groups excluding carboxylic acids is 2. The molecule has 0 saturated heterocycles. The first-order chi connectivity index (χ1) is 14.6. The normalized spacial score (nSPS) is 15.6. The Morgan fingerprint density at radius 3 is 2.53 bits per heavy atom. The molecule has 0 radical (unpaired) electrons. The summed E-state index contributed by atoms with van der Waals surface area (Å²) in [7, 11) is 1.61. The Bertz CT molecular complexity index is 931. The largest absolute Gasteiger partial charge is 0.493 e. The highest BCUT2D eigenvalue weighted by atomic mass is 16.5. The molecule has 0 spiro atoms. The molecule has 5 heteroatoms. The third kappa shape index (κ3) is 4.84. The minimum atomic E-state index is -0.179. The third-order valence-electron chi connectivity index (χ3n) is 6.04. The molecule has 0 aliphatic heterocycles. The molecule has 0 aromatic heterocycles. The minimum absolute atomic E-state index is 0.0137. The van der Waals surface area contributed by atoms with Crippen LogP contribution in [0.15, 0.2) is 36.4 Å². The van der Waals surface area contributed by atoms with Crippen molar-refractivity contribution in [1.82, 2.24) is 0 Å². The van der Waals surface area contributed by atoms with Crippen molar-refractivity contribution >= 4 is 17.4 Å². The maximum absolute atomic E-state index is 12.5. The second-order valence-electron chi connectivity index (χ2n) is 8.20. The molecule has 1 saturated carbocycles. The van der Waals surface area contributed by atoms with Gasteiger partial charge in [0.25, 0.3) is 0 Å². The molecule has 158 valence electrons. The zero-order chi connectivity index (χ0) is 20.9. The number of rotatable bonds is 8. The van der Waals surface area contributed by atoms with Crippen molar-refractivity contribution in [3.05, 3.63) is 53.1 Å². The van der Waals surface area contributed by atoms with Gasteiger partial charge in [0.15, 0.2) is 17.3 Å². The van der Waals surface area contributed by atoms with E-state index in [1.165, 1.54) is 24.0 Å². The smallest absolute Gasteiger partial charge is 0.224 e. The van der Waals surface area contributed by atoms with Crippen LogP contribution < -0.4 is 14.8 Å². The number of benzene rings is 2. The molecule has 1 N–H and O–H groups in total. The van der Waals surface area contributed by atoms with E-state index in [1.807, 2.05) is 12.1 Å². The Hall–Kier alpha value is -2.82. The fourth-order valence-corrected chi connectivity index (χ4v) is 4.37. The first kappa shape index (κ1) is 20.5. The molecule has 4 rings (SSSR count). The number of carbonyl (C=O) groups is 2. The number of ketones is 1. The van der Waals surface area contributed by atoms with Crippen molar-refractivity contribution in [2.75, 3.05) is 12.4 Å². The number of hydrogen-bond donors (Lipinski definition) is 1. The highest BCUT2D eigenvalue weighted by molar-refractivity contribution is 6.00. The van der Waals surface area contributed by atoms with Gasteiger partial charge < -0.3 is 14.8 Å². The van der Waals surface area contributed by atoms with Crippen LogP contribution in [0.5, 0.6) is 11.5 Å². The van der Waals surface area contributed by atoms with E-state index in [1.54, 1.807) is 25.3 Å². The van der Waals surface area contributed by atoms with Gasteiger partial charge in [-0.3, -0.25) is 9.59 Å². The molecule has 0 atom stereocenters. The topological polar surface area (TPSA) is 64.6 Å². The summed E-state index contributed by atoms with van der Waals surface area (Å²) in [6.45, 7) is 0. The van der Waals surface area contributed by atoms with Crippen molar-refractivity contribution in [2.24, 2.45) is 0 Å². The van der Waals surface area contributed by atoms with Crippen molar-refractivity contribution < 1.29 is 19.1 Å². The van der Waals surface area contributed by atoms with Gasteiger partial charge in [-0.15, -0.1) is 0 Å². The second kappa shape index (κ2) is 9.33. The zero-order valence-electron chi connectivity index (χ0n) is 17.5. The van der Waals surface area contributed by atoms with Crippen LogP contribution in [-0.2, 0) is 17.6 Å². The summed E-state index contributed by atoms with van der Waals surface area (Å²) in [5.74, 6) is 1.14. The van der Waals surface area contributed by atoms with Gasteiger partial charge >= 0.3 is 0 Å². The van der Waals surface area contributed by atoms with E-state index in [2.05, 4.69) is 11.4 Å². The summed E-state index contributed by atoms with van der Waals surface area (Å²) in [6.07, 6.45) is 8.31. The fourth-order valence-electron chi connectivity index (χ4n) is 4.37. The maximum Gasteiger partial charge on any atom is 0.224 e. The maximum atomic E-state index is 12.5. The van der Waals surface area contributed by atoms with Crippen molar-refractivity contribution in [2.45, 2.75) is 63.9 Å². The van der Waals surface area contributed by atoms with Gasteiger partial charge in [0.1, 0.15) is 0 Å². The molecule has 30 heavy (non-hydrogen) atoms. The monoisotopic (exact) mass is 407 g/mol. The Kier molecular flexibility index (Phi) is 6.36. The van der Waals surface area contributed by atoms with Crippen LogP contribution in [0.1, 0.15) is 66.4 Å². The predicted octanol–water partition coefficient (Wildman–Crippen LogP) is 5.11. The van der Waals surface area contributed by atoms with E-state index in [-0.39, 0.29) is 30.6 Å². The fraction of sp³-hybridized carbons (Fsp3) is 0.440. The van der Waals surface area contributed by atoms with Crippen LogP contribution >= 0.6 is 0 Å². The lowest BCUT2D eigenvalue weighted by Gasteiger charge is -2.17. The van der Waals surface area contributed by atoms with Crippen LogP contribution in [-0.4, -0.2) is 24.9 Å². The zero-order valence-corrected chi connectivity index (χ0v) is 17.5. The van der Waals surface area contributed by atoms with Gasteiger partial charge in [0, 0.05) is 30.2 Å². The van der Waals surface area contributed by atoms with Crippen LogP contribution in [0, 0.1) is 0 Å². The standard InChI is InChI=1S/C25H29NO4/c1-29-23-13-11-20(16-24(23)30-21-7-2-3-8-21)26-25(28)14-12-22(27)19-10-9-17-5-4-6-18(17)15-19/h9-11,13,15-16,21H,2-8,12,14H2,1H3,(H,26,28). The molecule has 1 amide bonds. The number of methoxy groups -OCH3 is 1. The first-order valence-electron chi connectivity index (χ1n) is 10.9. The second-order valence-corrected chi connectivity index (χ2v) is 8.20. The Labute approximate surface area is 177 Å². The summed E-state index contributed by atoms with van der Waals surface area (Å²) >= 11 is 0. The Morgan fingerprint density at radius 1 is 0.933 bits per heavy atom. The number of amides is 1. The molecule has 0 unspecified atom stereocenters. The lowest BCUT2D eigenvalue weighted by Crippen LogP contribution is -2.15. The molecule has 0 bridgehead atoms. The van der Waals surface area contributed by atoms with E-state index in [0.717, 1.165) is 32.1 Å². The van der Waals surface area contributed by atoms with E-state index in [9.17, 15) is 9.59 Å². The number of ether oxygens (including phenoxy) is 2. The van der Waals surface area contributed by atoms with Crippen molar-refractivity contribution in [1.29, 1.82) is 0 Å². The van der Waals surface area contributed by atoms with E-state index in [0.29, 0.717) is 22.7 Å². The number of fused-ring (bicyclic) bond motifs is 1. The number of Topliss-reactive ketones (excluding diaryl/α,β-unsaturated/α-hetero) is 1. The van der Waals surface area contributed by atoms with E-state index >= 15 is 0 Å². The first-order valence-corrected chi connectivity index (χ1v) is 10.9. The van der Waals surface area contributed by atoms with Crippen LogP contribution in [0.2, 0.25) is 0 Å². The molecule has 2 aliphatic rings. The third-order valence-corrected chi connectivity index (χ3v) is 6.04. The highest BCUT2D eigenvalue weighted by Gasteiger charge is 2.19. The quantitative estimate of drug-likeness (QED) is 0.618. The molecular formula is C25H29NO4. The highest BCUT2D eigenvalue weighted by Crippen LogP contribution is 2.34. The van der Waals surface area contributed by atoms with E-state index in [4.69, 9.17) is 9.47 Å². The van der Waals surface area contributed by atoms with Crippen LogP contribution in [0.3, 0.4) is 0 Å². The van der Waals surface area contributed by atoms with Gasteiger partial charge in [-0.2, -0.15) is 0 Å². The summed E-state index contributed by atoms with van der Waals surface area (Å²) in [4.78, 5) is 24.9. The van der Waals surface area contributed by atoms with Gasteiger partial charge in [-0.05, 0) is 74.3 Å². The summed E-state index contributed by atoms with van der Waals surface area (Å²) in [5, 5.41) is 2.88. The van der Waals surface area contributed by atoms with Crippen LogP contribution in [0.25, 0.3) is 0 Å². The number of aryl methyl sites for hydroxylation is 2. The van der Waals surface area contributed by atoms with Gasteiger partial charge in [0.2, 0.25) is 5.91 Å². The lowest BCUT2D eigenvalue weighted by molar-refractivity contribution is -0.116. The number of anilines is 1. The average Bonchev–Trinajstić information content (AvgIpc) is 3.43. The molecule has 1 fully saturated rings. The average molecular weight is 408 g/mol. The predicted molar refractivity (Wildman–Crippen MR) is 117 cm³/mol. The molecule has 2 aliphatic carbocycles. The number of nitrogens with one attached hydrogen (secondary N) is 1. The summed E-state index contributed by atoms with van der Waals surface area (Å²) < 4.78 is 11.5. The van der Waals surface area contributed by atoms with Crippen LogP contribution in [0.4, 0.5) is 5.69 Å². The molecular weight excluding hydrogens is 378 g/mol. The van der Waals surface area contributed by atoms with Crippen molar-refractivity contribution in [3.8, 4) is 11.5 Å². The number of hydrogen-bond acceptors (Lipinski definition) is 4.